The summed E-state index contributed by atoms with van der Waals surface area (Å²) in [6.07, 6.45) is 3.72. The van der Waals surface area contributed by atoms with Crippen LogP contribution in [0.2, 0.25) is 0 Å². The van der Waals surface area contributed by atoms with Crippen LogP contribution in [0.15, 0.2) is 36.5 Å². The van der Waals surface area contributed by atoms with Gasteiger partial charge in [0.15, 0.2) is 0 Å². The fraction of sp³-hybridized carbons (Fsp3) is 0.412. The normalized spacial score (nSPS) is 19.4. The largest absolute Gasteiger partial charge is 0.390 e. The van der Waals surface area contributed by atoms with E-state index in [-0.39, 0.29) is 12.1 Å². The molecule has 122 valence electrons. The Morgan fingerprint density at radius 1 is 1.39 bits per heavy atom. The van der Waals surface area contributed by atoms with E-state index in [0.717, 1.165) is 30.5 Å². The van der Waals surface area contributed by atoms with Gasteiger partial charge >= 0.3 is 6.03 Å². The number of hydrogen-bond acceptors (Lipinski definition) is 3. The first kappa shape index (κ1) is 15.6. The zero-order chi connectivity index (χ0) is 16.2. The van der Waals surface area contributed by atoms with Gasteiger partial charge in [-0.15, -0.1) is 0 Å². The number of unbranched alkanes of at least 4 members (excludes halogenated alkanes) is 1. The Morgan fingerprint density at radius 2 is 2.22 bits per heavy atom. The molecule has 6 nitrogen and oxygen atoms in total. The molecule has 1 aliphatic carbocycles. The number of aryl methyl sites for hydroxylation is 1. The molecule has 0 fully saturated rings. The van der Waals surface area contributed by atoms with Crippen molar-refractivity contribution in [3.63, 3.8) is 0 Å². The van der Waals surface area contributed by atoms with E-state index in [1.807, 2.05) is 24.3 Å². The number of benzene rings is 1. The molecule has 6 heteroatoms. The number of aliphatic hydroxyl groups excluding tert-OH is 1. The summed E-state index contributed by atoms with van der Waals surface area (Å²) in [7, 11) is 0. The highest BCUT2D eigenvalue weighted by Gasteiger charge is 2.31. The van der Waals surface area contributed by atoms with E-state index < -0.39 is 6.10 Å². The summed E-state index contributed by atoms with van der Waals surface area (Å²) in [6, 6.07) is 8.86. The minimum atomic E-state index is -0.594. The maximum absolute atomic E-state index is 12.3. The number of urea groups is 1. The van der Waals surface area contributed by atoms with Gasteiger partial charge in [0.1, 0.15) is 5.82 Å². The fourth-order valence-corrected chi connectivity index (χ4v) is 2.97. The first-order valence-electron chi connectivity index (χ1n) is 8.04. The molecule has 2 atom stereocenters. The summed E-state index contributed by atoms with van der Waals surface area (Å²) in [4.78, 5) is 12.3. The highest BCUT2D eigenvalue weighted by Crippen LogP contribution is 2.31. The van der Waals surface area contributed by atoms with Crippen molar-refractivity contribution in [3.05, 3.63) is 47.7 Å². The molecule has 3 rings (SSSR count). The molecule has 1 aliphatic rings. The maximum Gasteiger partial charge on any atom is 0.320 e. The van der Waals surface area contributed by atoms with Crippen LogP contribution in [0.3, 0.4) is 0 Å². The lowest BCUT2D eigenvalue weighted by Gasteiger charge is -2.18. The third-order valence-corrected chi connectivity index (χ3v) is 4.17. The molecule has 3 N–H and O–H groups in total. The number of amides is 2. The average molecular weight is 314 g/mol. The predicted octanol–water partition coefficient (Wildman–Crippen LogP) is 2.46. The highest BCUT2D eigenvalue weighted by atomic mass is 16.3. The van der Waals surface area contributed by atoms with Gasteiger partial charge in [0.25, 0.3) is 0 Å². The molecule has 0 saturated heterocycles. The number of carbonyl (C=O) groups is 1. The molecule has 0 aliphatic heterocycles. The van der Waals surface area contributed by atoms with Gasteiger partial charge < -0.3 is 10.4 Å². The number of hydrogen-bond donors (Lipinski definition) is 3. The second-order valence-corrected chi connectivity index (χ2v) is 5.84. The summed E-state index contributed by atoms with van der Waals surface area (Å²) in [5, 5.41) is 20.1. The number of fused-ring (bicyclic) bond motifs is 1. The van der Waals surface area contributed by atoms with Crippen molar-refractivity contribution in [1.82, 2.24) is 15.1 Å². The van der Waals surface area contributed by atoms with Crippen LogP contribution >= 0.6 is 0 Å². The number of nitrogens with zero attached hydrogens (tertiary/aromatic N) is 2. The molecule has 0 saturated carbocycles. The molecule has 0 radical (unpaired) electrons. The lowest BCUT2D eigenvalue weighted by Crippen LogP contribution is -2.37. The molecule has 1 aromatic carbocycles. The molecular formula is C17H22N4O2. The summed E-state index contributed by atoms with van der Waals surface area (Å²) in [6.45, 7) is 2.89. The van der Waals surface area contributed by atoms with Gasteiger partial charge in [-0.05, 0) is 17.5 Å². The minimum Gasteiger partial charge on any atom is -0.390 e. The van der Waals surface area contributed by atoms with Gasteiger partial charge in [-0.2, -0.15) is 5.10 Å². The van der Waals surface area contributed by atoms with Crippen molar-refractivity contribution in [1.29, 1.82) is 0 Å². The van der Waals surface area contributed by atoms with Crippen molar-refractivity contribution >= 4 is 11.8 Å². The van der Waals surface area contributed by atoms with Crippen LogP contribution in [0.4, 0.5) is 10.6 Å². The Labute approximate surface area is 135 Å². The average Bonchev–Trinajstić information content (AvgIpc) is 3.10. The monoisotopic (exact) mass is 314 g/mol. The van der Waals surface area contributed by atoms with Gasteiger partial charge in [0, 0.05) is 19.0 Å². The molecule has 2 amide bonds. The molecule has 2 unspecified atom stereocenters. The van der Waals surface area contributed by atoms with Crippen LogP contribution in [-0.2, 0) is 13.0 Å². The third-order valence-electron chi connectivity index (χ3n) is 4.17. The zero-order valence-electron chi connectivity index (χ0n) is 13.2. The number of anilines is 1. The van der Waals surface area contributed by atoms with E-state index in [0.29, 0.717) is 12.2 Å². The quantitative estimate of drug-likeness (QED) is 0.793. The number of nitrogens with one attached hydrogen (secondary N) is 2. The van der Waals surface area contributed by atoms with Crippen LogP contribution in [0.1, 0.15) is 36.9 Å². The van der Waals surface area contributed by atoms with E-state index in [1.54, 1.807) is 16.9 Å². The van der Waals surface area contributed by atoms with E-state index >= 15 is 0 Å². The molecule has 23 heavy (non-hydrogen) atoms. The molecule has 0 bridgehead atoms. The van der Waals surface area contributed by atoms with E-state index in [1.165, 1.54) is 0 Å². The van der Waals surface area contributed by atoms with Gasteiger partial charge in [0.2, 0.25) is 0 Å². The number of aliphatic hydroxyl groups is 1. The molecule has 0 spiro atoms. The fourth-order valence-electron chi connectivity index (χ4n) is 2.97. The Balaban J connectivity index is 1.65. The van der Waals surface area contributed by atoms with E-state index in [9.17, 15) is 9.90 Å². The van der Waals surface area contributed by atoms with Crippen molar-refractivity contribution in [2.75, 3.05) is 5.32 Å². The standard InChI is InChI=1S/C17H22N4O2/c1-2-3-10-21-15(8-9-18-21)19-17(23)20-16-13-7-5-4-6-12(13)11-14(16)22/h4-9,14,16,22H,2-3,10-11H2,1H3,(H2,19,20,23). The maximum atomic E-state index is 12.3. The second-order valence-electron chi connectivity index (χ2n) is 5.84. The van der Waals surface area contributed by atoms with Crippen LogP contribution < -0.4 is 10.6 Å². The van der Waals surface area contributed by atoms with Crippen molar-refractivity contribution in [3.8, 4) is 0 Å². The Hall–Kier alpha value is -2.34. The highest BCUT2D eigenvalue weighted by molar-refractivity contribution is 5.88. The van der Waals surface area contributed by atoms with Gasteiger partial charge in [-0.25, -0.2) is 9.48 Å². The lowest BCUT2D eigenvalue weighted by atomic mass is 10.1. The Bertz CT molecular complexity index is 683. The van der Waals surface area contributed by atoms with Gasteiger partial charge in [-0.3, -0.25) is 5.32 Å². The van der Waals surface area contributed by atoms with Gasteiger partial charge in [0.05, 0.1) is 18.3 Å². The SMILES string of the molecule is CCCCn1nccc1NC(=O)NC1c2ccccc2CC1O. The zero-order valence-corrected chi connectivity index (χ0v) is 13.2. The topological polar surface area (TPSA) is 79.2 Å². The predicted molar refractivity (Wildman–Crippen MR) is 88.2 cm³/mol. The smallest absolute Gasteiger partial charge is 0.320 e. The van der Waals surface area contributed by atoms with Gasteiger partial charge in [-0.1, -0.05) is 37.6 Å². The van der Waals surface area contributed by atoms with Crippen molar-refractivity contribution in [2.45, 2.75) is 44.9 Å². The van der Waals surface area contributed by atoms with E-state index in [4.69, 9.17) is 0 Å². The van der Waals surface area contributed by atoms with Crippen LogP contribution in [0.25, 0.3) is 0 Å². The molecule has 1 aromatic heterocycles. The molecular weight excluding hydrogens is 292 g/mol. The Kier molecular flexibility index (Phi) is 4.62. The molecule has 1 heterocycles. The summed E-state index contributed by atoms with van der Waals surface area (Å²) in [5.41, 5.74) is 2.06. The summed E-state index contributed by atoms with van der Waals surface area (Å²) in [5.74, 6) is 0.664. The first-order chi connectivity index (χ1) is 11.2. The Morgan fingerprint density at radius 3 is 3.04 bits per heavy atom. The number of aromatic nitrogens is 2. The van der Waals surface area contributed by atoms with Crippen LogP contribution in [0.5, 0.6) is 0 Å². The lowest BCUT2D eigenvalue weighted by molar-refractivity contribution is 0.144. The number of rotatable bonds is 5. The van der Waals surface area contributed by atoms with Crippen LogP contribution in [-0.4, -0.2) is 27.0 Å². The molecule has 2 aromatic rings. The third kappa shape index (κ3) is 3.37. The first-order valence-corrected chi connectivity index (χ1v) is 8.04. The summed E-state index contributed by atoms with van der Waals surface area (Å²) < 4.78 is 1.78. The van der Waals surface area contributed by atoms with Crippen molar-refractivity contribution in [2.24, 2.45) is 0 Å². The van der Waals surface area contributed by atoms with Crippen molar-refractivity contribution < 1.29 is 9.90 Å². The van der Waals surface area contributed by atoms with E-state index in [2.05, 4.69) is 22.7 Å². The second kappa shape index (κ2) is 6.83. The summed E-state index contributed by atoms with van der Waals surface area (Å²) >= 11 is 0. The van der Waals surface area contributed by atoms with Crippen LogP contribution in [0, 0.1) is 0 Å². The number of carbonyl (C=O) groups excluding carboxylic acids is 1. The minimum absolute atomic E-state index is 0.330.